The number of Topliss-reactive ketones (excluding diaryl/α,β-unsaturated/α-hetero) is 1. The zero-order chi connectivity index (χ0) is 23.6. The fourth-order valence-electron chi connectivity index (χ4n) is 4.53. The van der Waals surface area contributed by atoms with Gasteiger partial charge in [-0.2, -0.15) is 0 Å². The molecule has 0 saturated heterocycles. The maximum absolute atomic E-state index is 12.6. The number of esters is 1. The molecule has 176 valence electrons. The van der Waals surface area contributed by atoms with E-state index in [-0.39, 0.29) is 24.3 Å². The van der Waals surface area contributed by atoms with Crippen LogP contribution in [-0.4, -0.2) is 38.2 Å². The van der Waals surface area contributed by atoms with Crippen LogP contribution < -0.4 is 14.2 Å². The first-order valence-corrected chi connectivity index (χ1v) is 11.7. The molecule has 33 heavy (non-hydrogen) atoms. The largest absolute Gasteiger partial charge is 0.493 e. The first-order valence-electron chi connectivity index (χ1n) is 11.7. The molecule has 0 bridgehead atoms. The molecule has 0 radical (unpaired) electrons. The number of carbonyl (C=O) groups excluding carboxylic acids is 2. The van der Waals surface area contributed by atoms with Gasteiger partial charge in [0.25, 0.3) is 0 Å². The number of fused-ring (bicyclic) bond motifs is 1. The van der Waals surface area contributed by atoms with Crippen LogP contribution in [0.25, 0.3) is 11.1 Å². The van der Waals surface area contributed by atoms with Crippen LogP contribution in [0.4, 0.5) is 0 Å². The van der Waals surface area contributed by atoms with Crippen molar-refractivity contribution >= 4 is 11.8 Å². The van der Waals surface area contributed by atoms with E-state index in [2.05, 4.69) is 0 Å². The van der Waals surface area contributed by atoms with E-state index in [0.29, 0.717) is 30.1 Å². The lowest BCUT2D eigenvalue weighted by molar-refractivity contribution is -0.158. The molecule has 1 fully saturated rings. The van der Waals surface area contributed by atoms with Gasteiger partial charge in [0.2, 0.25) is 5.75 Å². The third kappa shape index (κ3) is 4.43. The summed E-state index contributed by atoms with van der Waals surface area (Å²) in [6.07, 6.45) is 4.29. The van der Waals surface area contributed by atoms with Crippen molar-refractivity contribution in [3.8, 4) is 28.4 Å². The van der Waals surface area contributed by atoms with Crippen molar-refractivity contribution in [2.75, 3.05) is 20.8 Å². The first kappa shape index (κ1) is 23.1. The zero-order valence-corrected chi connectivity index (χ0v) is 19.9. The second kappa shape index (κ2) is 9.46. The van der Waals surface area contributed by atoms with Crippen molar-refractivity contribution in [2.24, 2.45) is 5.92 Å². The van der Waals surface area contributed by atoms with Gasteiger partial charge < -0.3 is 18.9 Å². The van der Waals surface area contributed by atoms with Crippen LogP contribution in [0.1, 0.15) is 61.9 Å². The Morgan fingerprint density at radius 2 is 1.67 bits per heavy atom. The van der Waals surface area contributed by atoms with Crippen molar-refractivity contribution in [3.63, 3.8) is 0 Å². The molecular weight excluding hydrogens is 420 g/mol. The third-order valence-corrected chi connectivity index (χ3v) is 6.79. The molecule has 1 saturated carbocycles. The van der Waals surface area contributed by atoms with E-state index in [9.17, 15) is 9.59 Å². The summed E-state index contributed by atoms with van der Waals surface area (Å²) in [5, 5.41) is 0. The molecule has 0 unspecified atom stereocenters. The predicted octanol–water partition coefficient (Wildman–Crippen LogP) is 5.39. The Bertz CT molecular complexity index is 1050. The van der Waals surface area contributed by atoms with Gasteiger partial charge in [-0.1, -0.05) is 32.0 Å². The van der Waals surface area contributed by atoms with Gasteiger partial charge in [0, 0.05) is 17.5 Å². The zero-order valence-electron chi connectivity index (χ0n) is 19.9. The smallest absolute Gasteiger partial charge is 0.309 e. The van der Waals surface area contributed by atoms with E-state index >= 15 is 0 Å². The quantitative estimate of drug-likeness (QED) is 0.450. The van der Waals surface area contributed by atoms with Crippen LogP contribution in [0, 0.1) is 5.92 Å². The summed E-state index contributed by atoms with van der Waals surface area (Å²) in [7, 11) is 3.16. The molecule has 0 heterocycles. The number of hydrogen-bond donors (Lipinski definition) is 0. The standard InChI is InChI=1S/C27H32O6/c1-5-17(6-2)26(29)33-27(14-15-27)16-32-24-21(11-13-23(30-3)25(24)31-4)18-8-7-9-20-19(18)10-12-22(20)28/h7-9,11,13,17H,5-6,10,12,14-16H2,1-4H3. The Balaban J connectivity index is 1.67. The van der Waals surface area contributed by atoms with Gasteiger partial charge in [0.15, 0.2) is 17.3 Å². The van der Waals surface area contributed by atoms with Gasteiger partial charge in [-0.15, -0.1) is 0 Å². The van der Waals surface area contributed by atoms with Crippen LogP contribution in [0.5, 0.6) is 17.2 Å². The summed E-state index contributed by atoms with van der Waals surface area (Å²) in [5.41, 5.74) is 2.99. The lowest BCUT2D eigenvalue weighted by Gasteiger charge is -2.23. The van der Waals surface area contributed by atoms with E-state index in [1.807, 2.05) is 44.2 Å². The minimum atomic E-state index is -0.598. The molecule has 0 amide bonds. The summed E-state index contributed by atoms with van der Waals surface area (Å²) in [5.74, 6) is 1.50. The Kier molecular flexibility index (Phi) is 6.63. The average molecular weight is 453 g/mol. The van der Waals surface area contributed by atoms with Crippen molar-refractivity contribution in [1.29, 1.82) is 0 Å². The Labute approximate surface area is 195 Å². The van der Waals surface area contributed by atoms with Crippen molar-refractivity contribution in [3.05, 3.63) is 41.5 Å². The van der Waals surface area contributed by atoms with Crippen LogP contribution in [0.15, 0.2) is 30.3 Å². The number of methoxy groups -OCH3 is 2. The molecule has 0 N–H and O–H groups in total. The number of hydrogen-bond acceptors (Lipinski definition) is 6. The molecule has 6 heteroatoms. The number of ether oxygens (including phenoxy) is 4. The number of carbonyl (C=O) groups is 2. The van der Waals surface area contributed by atoms with Gasteiger partial charge in [0.05, 0.1) is 20.1 Å². The molecular formula is C27H32O6. The highest BCUT2D eigenvalue weighted by Crippen LogP contribution is 2.48. The van der Waals surface area contributed by atoms with E-state index in [0.717, 1.165) is 47.9 Å². The average Bonchev–Trinajstić information content (AvgIpc) is 3.49. The fourth-order valence-corrected chi connectivity index (χ4v) is 4.53. The van der Waals surface area contributed by atoms with Crippen LogP contribution >= 0.6 is 0 Å². The Hall–Kier alpha value is -3.02. The van der Waals surface area contributed by atoms with Gasteiger partial charge in [-0.3, -0.25) is 9.59 Å². The molecule has 2 aliphatic rings. The van der Waals surface area contributed by atoms with Crippen LogP contribution in [-0.2, 0) is 16.0 Å². The number of benzene rings is 2. The molecule has 4 rings (SSSR count). The molecule has 2 aliphatic carbocycles. The Morgan fingerprint density at radius 3 is 2.30 bits per heavy atom. The first-order chi connectivity index (χ1) is 16.0. The second-order valence-corrected chi connectivity index (χ2v) is 8.84. The summed E-state index contributed by atoms with van der Waals surface area (Å²) >= 11 is 0. The lowest BCUT2D eigenvalue weighted by atomic mass is 9.95. The van der Waals surface area contributed by atoms with E-state index in [1.165, 1.54) is 0 Å². The molecule has 0 aromatic heterocycles. The van der Waals surface area contributed by atoms with Crippen molar-refractivity contribution in [1.82, 2.24) is 0 Å². The fraction of sp³-hybridized carbons (Fsp3) is 0.481. The van der Waals surface area contributed by atoms with E-state index < -0.39 is 5.60 Å². The highest BCUT2D eigenvalue weighted by molar-refractivity contribution is 6.02. The summed E-state index contributed by atoms with van der Waals surface area (Å²) < 4.78 is 23.4. The maximum atomic E-state index is 12.6. The molecule has 0 atom stereocenters. The van der Waals surface area contributed by atoms with E-state index in [1.54, 1.807) is 14.2 Å². The number of rotatable bonds is 10. The highest BCUT2D eigenvalue weighted by atomic mass is 16.6. The topological polar surface area (TPSA) is 71.1 Å². The van der Waals surface area contributed by atoms with Crippen LogP contribution in [0.3, 0.4) is 0 Å². The lowest BCUT2D eigenvalue weighted by Crippen LogP contribution is -2.30. The summed E-state index contributed by atoms with van der Waals surface area (Å²) in [6, 6.07) is 9.57. The maximum Gasteiger partial charge on any atom is 0.309 e. The molecule has 2 aromatic rings. The van der Waals surface area contributed by atoms with Crippen molar-refractivity contribution < 1.29 is 28.5 Å². The summed E-state index contributed by atoms with van der Waals surface area (Å²) in [4.78, 5) is 24.9. The van der Waals surface area contributed by atoms with Gasteiger partial charge in [0.1, 0.15) is 12.2 Å². The summed E-state index contributed by atoms with van der Waals surface area (Å²) in [6.45, 7) is 4.24. The minimum absolute atomic E-state index is 0.0890. The van der Waals surface area contributed by atoms with Crippen molar-refractivity contribution in [2.45, 2.75) is 58.0 Å². The molecule has 6 nitrogen and oxygen atoms in total. The minimum Gasteiger partial charge on any atom is -0.493 e. The SMILES string of the molecule is CCC(CC)C(=O)OC1(COc2c(-c3cccc4c3CCC4=O)ccc(OC)c2OC)CC1. The molecule has 2 aromatic carbocycles. The van der Waals surface area contributed by atoms with Gasteiger partial charge in [-0.05, 0) is 55.4 Å². The van der Waals surface area contributed by atoms with Gasteiger partial charge in [-0.25, -0.2) is 0 Å². The number of ketones is 1. The molecule has 0 spiro atoms. The van der Waals surface area contributed by atoms with E-state index in [4.69, 9.17) is 18.9 Å². The third-order valence-electron chi connectivity index (χ3n) is 6.79. The highest BCUT2D eigenvalue weighted by Gasteiger charge is 2.49. The molecule has 0 aliphatic heterocycles. The second-order valence-electron chi connectivity index (χ2n) is 8.84. The predicted molar refractivity (Wildman–Crippen MR) is 125 cm³/mol. The monoisotopic (exact) mass is 452 g/mol. The normalized spacial score (nSPS) is 15.8. The Morgan fingerprint density at radius 1 is 0.939 bits per heavy atom. The van der Waals surface area contributed by atoms with Crippen LogP contribution in [0.2, 0.25) is 0 Å². The van der Waals surface area contributed by atoms with Gasteiger partial charge >= 0.3 is 5.97 Å².